The summed E-state index contributed by atoms with van der Waals surface area (Å²) in [5, 5.41) is 3.78. The Hall–Kier alpha value is -0.700. The minimum atomic E-state index is -3.62. The summed E-state index contributed by atoms with van der Waals surface area (Å²) in [5.41, 5.74) is 1.000. The van der Waals surface area contributed by atoms with Crippen LogP contribution in [0.2, 0.25) is 0 Å². The topological polar surface area (TPSA) is 58.5 Å². The van der Waals surface area contributed by atoms with Crippen LogP contribution in [0.5, 0.6) is 0 Å². The number of halogens is 2. The molecule has 1 N–H and O–H groups in total. The van der Waals surface area contributed by atoms with E-state index in [-0.39, 0.29) is 4.90 Å². The molecule has 0 radical (unpaired) electrons. The number of sulfonamides is 1. The predicted molar refractivity (Wildman–Crippen MR) is 88.8 cm³/mol. The lowest BCUT2D eigenvalue weighted by Crippen LogP contribution is -2.18. The summed E-state index contributed by atoms with van der Waals surface area (Å²) in [6.07, 6.45) is 1.46. The molecule has 8 heteroatoms. The molecule has 20 heavy (non-hydrogen) atoms. The average molecular weight is 438 g/mol. The molecule has 4 nitrogen and oxygen atoms in total. The van der Waals surface area contributed by atoms with Gasteiger partial charge in [0, 0.05) is 4.47 Å². The molecule has 2 rings (SSSR count). The molecule has 0 aliphatic heterocycles. The molecular formula is C12H10Br2N2O2S2. The van der Waals surface area contributed by atoms with Crippen LogP contribution in [0.15, 0.2) is 48.6 Å². The van der Waals surface area contributed by atoms with Gasteiger partial charge in [-0.1, -0.05) is 17.7 Å². The molecule has 0 aliphatic carbocycles. The fourth-order valence-corrected chi connectivity index (χ4v) is 4.59. The van der Waals surface area contributed by atoms with E-state index >= 15 is 0 Å². The monoisotopic (exact) mass is 436 g/mol. The highest BCUT2D eigenvalue weighted by Gasteiger charge is 2.12. The minimum absolute atomic E-state index is 0.187. The van der Waals surface area contributed by atoms with Gasteiger partial charge < -0.3 is 0 Å². The van der Waals surface area contributed by atoms with Crippen molar-refractivity contribution in [2.24, 2.45) is 5.10 Å². The molecule has 0 fully saturated rings. The van der Waals surface area contributed by atoms with E-state index in [1.165, 1.54) is 17.6 Å². The van der Waals surface area contributed by atoms with E-state index in [0.717, 1.165) is 18.7 Å². The van der Waals surface area contributed by atoms with E-state index < -0.39 is 10.0 Å². The van der Waals surface area contributed by atoms with Crippen LogP contribution >= 0.6 is 43.2 Å². The fourth-order valence-electron chi connectivity index (χ4n) is 1.37. The number of rotatable bonds is 4. The van der Waals surface area contributed by atoms with Crippen molar-refractivity contribution in [1.29, 1.82) is 0 Å². The summed E-state index contributed by atoms with van der Waals surface area (Å²) in [6, 6.07) is 8.45. The first kappa shape index (κ1) is 15.7. The van der Waals surface area contributed by atoms with Gasteiger partial charge in [-0.15, -0.1) is 11.3 Å². The highest BCUT2D eigenvalue weighted by molar-refractivity contribution is 9.11. The summed E-state index contributed by atoms with van der Waals surface area (Å²) >= 11 is 8.16. The first-order valence-corrected chi connectivity index (χ1v) is 9.33. The van der Waals surface area contributed by atoms with Crippen molar-refractivity contribution in [2.45, 2.75) is 11.8 Å². The molecule has 106 valence electrons. The highest BCUT2D eigenvalue weighted by Crippen LogP contribution is 2.29. The minimum Gasteiger partial charge on any atom is -0.200 e. The Balaban J connectivity index is 2.13. The van der Waals surface area contributed by atoms with E-state index in [4.69, 9.17) is 0 Å². The van der Waals surface area contributed by atoms with Crippen molar-refractivity contribution >= 4 is 59.4 Å². The third-order valence-corrected chi connectivity index (χ3v) is 6.10. The predicted octanol–water partition coefficient (Wildman–Crippen LogP) is 3.89. The maximum atomic E-state index is 12.0. The van der Waals surface area contributed by atoms with Gasteiger partial charge in [-0.25, -0.2) is 4.83 Å². The first-order valence-electron chi connectivity index (χ1n) is 5.45. The standard InChI is InChI=1S/C12H10Br2N2O2S2/c1-8-2-4-9(5-3-8)20(17,18)16-15-7-11-10(13)6-12(14)19-11/h2-7,16H,1H3/b15-7+. The number of hydrogen-bond donors (Lipinski definition) is 1. The van der Waals surface area contributed by atoms with Crippen LogP contribution in [0.1, 0.15) is 10.4 Å². The van der Waals surface area contributed by atoms with Crippen molar-refractivity contribution in [3.63, 3.8) is 0 Å². The van der Waals surface area contributed by atoms with Crippen molar-refractivity contribution in [3.05, 3.63) is 49.0 Å². The Bertz CT molecular complexity index is 737. The quantitative estimate of drug-likeness (QED) is 0.582. The SMILES string of the molecule is Cc1ccc(S(=O)(=O)N/N=C/c2sc(Br)cc2Br)cc1. The van der Waals surface area contributed by atoms with E-state index in [2.05, 4.69) is 41.8 Å². The van der Waals surface area contributed by atoms with Gasteiger partial charge in [-0.05, 0) is 57.0 Å². The van der Waals surface area contributed by atoms with Crippen molar-refractivity contribution in [3.8, 4) is 0 Å². The Morgan fingerprint density at radius 3 is 2.45 bits per heavy atom. The lowest BCUT2D eigenvalue weighted by Gasteiger charge is -2.03. The summed E-state index contributed by atoms with van der Waals surface area (Å²) < 4.78 is 25.8. The molecule has 0 saturated carbocycles. The summed E-state index contributed by atoms with van der Waals surface area (Å²) in [6.45, 7) is 1.90. The number of hydrazone groups is 1. The second-order valence-corrected chi connectivity index (χ2v) is 8.91. The largest absolute Gasteiger partial charge is 0.276 e. The van der Waals surface area contributed by atoms with Crippen molar-refractivity contribution in [2.75, 3.05) is 0 Å². The molecule has 2 aromatic rings. The van der Waals surface area contributed by atoms with Gasteiger partial charge in [0.2, 0.25) is 0 Å². The zero-order valence-electron chi connectivity index (χ0n) is 10.3. The third kappa shape index (κ3) is 3.91. The highest BCUT2D eigenvalue weighted by atomic mass is 79.9. The van der Waals surface area contributed by atoms with Crippen LogP contribution in [-0.4, -0.2) is 14.6 Å². The van der Waals surface area contributed by atoms with Gasteiger partial charge in [0.25, 0.3) is 10.0 Å². The van der Waals surface area contributed by atoms with E-state index in [1.807, 2.05) is 13.0 Å². The zero-order chi connectivity index (χ0) is 14.8. The number of hydrogen-bond acceptors (Lipinski definition) is 4. The van der Waals surface area contributed by atoms with Crippen LogP contribution in [0.3, 0.4) is 0 Å². The lowest BCUT2D eigenvalue weighted by atomic mass is 10.2. The number of nitrogens with one attached hydrogen (secondary N) is 1. The Kier molecular flexibility index (Phi) is 5.00. The smallest absolute Gasteiger partial charge is 0.200 e. The van der Waals surface area contributed by atoms with Gasteiger partial charge >= 0.3 is 0 Å². The van der Waals surface area contributed by atoms with Crippen molar-refractivity contribution < 1.29 is 8.42 Å². The average Bonchev–Trinajstić information content (AvgIpc) is 2.68. The molecule has 0 bridgehead atoms. The number of nitrogens with zero attached hydrogens (tertiary/aromatic N) is 1. The van der Waals surface area contributed by atoms with E-state index in [0.29, 0.717) is 0 Å². The molecule has 0 aliphatic rings. The summed E-state index contributed by atoms with van der Waals surface area (Å²) in [7, 11) is -3.62. The second-order valence-electron chi connectivity index (χ2n) is 3.93. The van der Waals surface area contributed by atoms with Crippen LogP contribution in [0.4, 0.5) is 0 Å². The second kappa shape index (κ2) is 6.38. The molecule has 0 atom stereocenters. The Labute approximate surface area is 138 Å². The number of benzene rings is 1. The molecule has 0 amide bonds. The Morgan fingerprint density at radius 2 is 1.90 bits per heavy atom. The molecular weight excluding hydrogens is 428 g/mol. The Morgan fingerprint density at radius 1 is 1.25 bits per heavy atom. The van der Waals surface area contributed by atoms with Gasteiger partial charge in [-0.2, -0.15) is 13.5 Å². The number of thiophene rings is 1. The van der Waals surface area contributed by atoms with Gasteiger partial charge in [0.05, 0.1) is 19.8 Å². The molecule has 1 aromatic heterocycles. The lowest BCUT2D eigenvalue weighted by molar-refractivity contribution is 0.584. The maximum Gasteiger partial charge on any atom is 0.276 e. The summed E-state index contributed by atoms with van der Waals surface area (Å²) in [5.74, 6) is 0. The maximum absolute atomic E-state index is 12.0. The summed E-state index contributed by atoms with van der Waals surface area (Å²) in [4.78, 5) is 3.20. The third-order valence-electron chi connectivity index (χ3n) is 2.37. The van der Waals surface area contributed by atoms with Crippen LogP contribution in [0.25, 0.3) is 0 Å². The number of aryl methyl sites for hydroxylation is 1. The van der Waals surface area contributed by atoms with Gasteiger partial charge in [0.15, 0.2) is 0 Å². The molecule has 1 aromatic carbocycles. The first-order chi connectivity index (χ1) is 9.38. The molecule has 0 saturated heterocycles. The van der Waals surface area contributed by atoms with Crippen LogP contribution in [0, 0.1) is 6.92 Å². The van der Waals surface area contributed by atoms with Crippen LogP contribution < -0.4 is 4.83 Å². The van der Waals surface area contributed by atoms with Crippen LogP contribution in [-0.2, 0) is 10.0 Å². The van der Waals surface area contributed by atoms with E-state index in [1.54, 1.807) is 24.3 Å². The van der Waals surface area contributed by atoms with Gasteiger partial charge in [0.1, 0.15) is 0 Å². The fraction of sp³-hybridized carbons (Fsp3) is 0.0833. The van der Waals surface area contributed by atoms with Crippen molar-refractivity contribution in [1.82, 2.24) is 4.83 Å². The molecule has 0 spiro atoms. The normalized spacial score (nSPS) is 11.9. The molecule has 1 heterocycles. The van der Waals surface area contributed by atoms with E-state index in [9.17, 15) is 8.42 Å². The van der Waals surface area contributed by atoms with Gasteiger partial charge in [-0.3, -0.25) is 0 Å². The zero-order valence-corrected chi connectivity index (χ0v) is 15.1. The molecule has 0 unspecified atom stereocenters.